The fourth-order valence-corrected chi connectivity index (χ4v) is 5.01. The van der Waals surface area contributed by atoms with Crippen LogP contribution in [0.5, 0.6) is 0 Å². The minimum Gasteiger partial charge on any atom is -0.465 e. The summed E-state index contributed by atoms with van der Waals surface area (Å²) in [6, 6.07) is 3.23. The van der Waals surface area contributed by atoms with Crippen LogP contribution in [-0.2, 0) is 14.8 Å². The number of likely N-dealkylation sites (tertiary alicyclic amines) is 1. The molecule has 0 spiro atoms. The summed E-state index contributed by atoms with van der Waals surface area (Å²) in [4.78, 5) is 22.9. The summed E-state index contributed by atoms with van der Waals surface area (Å²) in [6.07, 6.45) is -0.625. The summed E-state index contributed by atoms with van der Waals surface area (Å²) in [6.45, 7) is -0.0659. The number of carboxylic acid groups (broad SMARTS) is 1. The number of carbonyl (C=O) groups excluding carboxylic acids is 1. The second-order valence-electron chi connectivity index (χ2n) is 4.77. The fraction of sp³-hybridized carbons (Fsp3) is 0.333. The quantitative estimate of drug-likeness (QED) is 0.673. The third-order valence-corrected chi connectivity index (χ3v) is 6.26. The average Bonchev–Trinajstić information content (AvgIpc) is 2.83. The lowest BCUT2D eigenvalue weighted by Crippen LogP contribution is -2.39. The number of aldehydes is 1. The molecule has 1 aliphatic rings. The number of rotatable bonds is 4. The molecule has 2 N–H and O–H groups in total. The number of halogens is 2. The van der Waals surface area contributed by atoms with Crippen molar-refractivity contribution in [3.05, 3.63) is 27.1 Å². The van der Waals surface area contributed by atoms with E-state index in [1.807, 2.05) is 0 Å². The first-order valence-electron chi connectivity index (χ1n) is 6.17. The summed E-state index contributed by atoms with van der Waals surface area (Å²) < 4.78 is 28.3. The first-order chi connectivity index (χ1) is 10.2. The Morgan fingerprint density at radius 1 is 1.41 bits per heavy atom. The molecule has 10 heteroatoms. The number of carbonyl (C=O) groups is 2. The molecule has 1 fully saturated rings. The molecule has 1 aromatic carbocycles. The molecule has 1 saturated heterocycles. The van der Waals surface area contributed by atoms with Crippen molar-refractivity contribution < 1.29 is 23.1 Å². The van der Waals surface area contributed by atoms with Gasteiger partial charge in [0.05, 0.1) is 10.9 Å². The Morgan fingerprint density at radius 3 is 2.64 bits per heavy atom. The molecule has 0 unspecified atom stereocenters. The van der Waals surface area contributed by atoms with Crippen molar-refractivity contribution in [1.82, 2.24) is 9.62 Å². The van der Waals surface area contributed by atoms with Crippen LogP contribution < -0.4 is 4.72 Å². The summed E-state index contributed by atoms with van der Waals surface area (Å²) in [5, 5.41) is 9.00. The maximum atomic E-state index is 12.4. The molecule has 120 valence electrons. The van der Waals surface area contributed by atoms with Crippen LogP contribution >= 0.6 is 31.9 Å². The van der Waals surface area contributed by atoms with E-state index in [-0.39, 0.29) is 17.9 Å². The molecule has 0 bridgehead atoms. The molecule has 1 amide bonds. The highest BCUT2D eigenvalue weighted by atomic mass is 79.9. The number of nitrogens with zero attached hydrogens (tertiary/aromatic N) is 1. The van der Waals surface area contributed by atoms with E-state index in [4.69, 9.17) is 5.11 Å². The van der Waals surface area contributed by atoms with E-state index in [1.54, 1.807) is 12.1 Å². The van der Waals surface area contributed by atoms with Gasteiger partial charge in [-0.25, -0.2) is 17.9 Å². The predicted molar refractivity (Wildman–Crippen MR) is 85.2 cm³/mol. The van der Waals surface area contributed by atoms with Gasteiger partial charge in [-0.15, -0.1) is 0 Å². The van der Waals surface area contributed by atoms with Crippen molar-refractivity contribution in [3.8, 4) is 0 Å². The molecule has 1 aromatic rings. The van der Waals surface area contributed by atoms with Gasteiger partial charge < -0.3 is 9.90 Å². The van der Waals surface area contributed by atoms with Crippen LogP contribution in [0.4, 0.5) is 4.79 Å². The van der Waals surface area contributed by atoms with Crippen molar-refractivity contribution in [3.63, 3.8) is 0 Å². The Balaban J connectivity index is 2.21. The number of hydrogen-bond acceptors (Lipinski definition) is 4. The first kappa shape index (κ1) is 17.4. The number of benzene rings is 1. The zero-order valence-electron chi connectivity index (χ0n) is 11.1. The van der Waals surface area contributed by atoms with Crippen LogP contribution in [0.2, 0.25) is 0 Å². The Kier molecular flexibility index (Phi) is 5.25. The summed E-state index contributed by atoms with van der Waals surface area (Å²) in [7, 11) is -3.84. The van der Waals surface area contributed by atoms with E-state index in [2.05, 4.69) is 36.6 Å². The lowest BCUT2D eigenvalue weighted by atomic mass is 10.2. The summed E-state index contributed by atoms with van der Waals surface area (Å²) in [5.41, 5.74) is 0. The Morgan fingerprint density at radius 2 is 2.09 bits per heavy atom. The number of sulfonamides is 1. The van der Waals surface area contributed by atoms with Crippen LogP contribution in [0.3, 0.4) is 0 Å². The molecule has 2 rings (SSSR count). The van der Waals surface area contributed by atoms with E-state index < -0.39 is 28.2 Å². The van der Waals surface area contributed by atoms with Gasteiger partial charge >= 0.3 is 6.09 Å². The smallest absolute Gasteiger partial charge is 0.407 e. The van der Waals surface area contributed by atoms with Crippen molar-refractivity contribution >= 4 is 54.3 Å². The molecular weight excluding hydrogens is 444 g/mol. The lowest BCUT2D eigenvalue weighted by Gasteiger charge is -2.16. The summed E-state index contributed by atoms with van der Waals surface area (Å²) >= 11 is 6.38. The van der Waals surface area contributed by atoms with E-state index in [0.717, 1.165) is 4.90 Å². The molecule has 1 aliphatic heterocycles. The van der Waals surface area contributed by atoms with E-state index >= 15 is 0 Å². The third kappa shape index (κ3) is 3.67. The second kappa shape index (κ2) is 6.65. The minimum absolute atomic E-state index is 0.0401. The zero-order chi connectivity index (χ0) is 16.5. The summed E-state index contributed by atoms with van der Waals surface area (Å²) in [5.74, 6) is 0. The van der Waals surface area contributed by atoms with Crippen LogP contribution in [-0.4, -0.2) is 49.4 Å². The third-order valence-electron chi connectivity index (χ3n) is 3.25. The van der Waals surface area contributed by atoms with Crippen LogP contribution in [0.15, 0.2) is 32.0 Å². The topological polar surface area (TPSA) is 104 Å². The highest BCUT2D eigenvalue weighted by Gasteiger charge is 2.37. The Bertz CT molecular complexity index is 709. The molecular formula is C12H12Br2N2O5S. The van der Waals surface area contributed by atoms with Gasteiger partial charge in [-0.2, -0.15) is 0 Å². The van der Waals surface area contributed by atoms with Crippen LogP contribution in [0.1, 0.15) is 6.42 Å². The molecule has 2 atom stereocenters. The van der Waals surface area contributed by atoms with E-state index in [1.165, 1.54) is 6.07 Å². The molecule has 1 heterocycles. The minimum atomic E-state index is -3.84. The maximum Gasteiger partial charge on any atom is 0.407 e. The van der Waals surface area contributed by atoms with Crippen molar-refractivity contribution in [1.29, 1.82) is 0 Å². The Labute approximate surface area is 144 Å². The monoisotopic (exact) mass is 454 g/mol. The normalized spacial score (nSPS) is 21.8. The highest BCUT2D eigenvalue weighted by molar-refractivity contribution is 9.11. The average molecular weight is 456 g/mol. The van der Waals surface area contributed by atoms with Gasteiger partial charge in [0.1, 0.15) is 6.29 Å². The van der Waals surface area contributed by atoms with Crippen molar-refractivity contribution in [2.45, 2.75) is 23.4 Å². The fourth-order valence-electron chi connectivity index (χ4n) is 2.27. The molecule has 0 radical (unpaired) electrons. The second-order valence-corrected chi connectivity index (χ2v) is 8.22. The lowest BCUT2D eigenvalue weighted by molar-refractivity contribution is -0.111. The Hall–Kier alpha value is -0.970. The van der Waals surface area contributed by atoms with Gasteiger partial charge in [-0.1, -0.05) is 15.9 Å². The molecule has 22 heavy (non-hydrogen) atoms. The predicted octanol–water partition coefficient (Wildman–Crippen LogP) is 1.81. The first-order valence-corrected chi connectivity index (χ1v) is 9.23. The molecule has 0 saturated carbocycles. The number of nitrogens with one attached hydrogen (secondary N) is 1. The van der Waals surface area contributed by atoms with Crippen LogP contribution in [0, 0.1) is 0 Å². The van der Waals surface area contributed by atoms with E-state index in [9.17, 15) is 18.0 Å². The number of amides is 1. The maximum absolute atomic E-state index is 12.4. The van der Waals surface area contributed by atoms with E-state index in [0.29, 0.717) is 15.2 Å². The SMILES string of the molecule is O=C[C@H]1C[C@@H](NS(=O)(=O)c2cc(Br)ccc2Br)CN1C(=O)O. The van der Waals surface area contributed by atoms with Crippen LogP contribution in [0.25, 0.3) is 0 Å². The van der Waals surface area contributed by atoms with Gasteiger partial charge in [0, 0.05) is 21.5 Å². The largest absolute Gasteiger partial charge is 0.465 e. The molecule has 7 nitrogen and oxygen atoms in total. The van der Waals surface area contributed by atoms with Gasteiger partial charge in [0.25, 0.3) is 0 Å². The van der Waals surface area contributed by atoms with Crippen molar-refractivity contribution in [2.24, 2.45) is 0 Å². The zero-order valence-corrected chi connectivity index (χ0v) is 15.1. The highest BCUT2D eigenvalue weighted by Crippen LogP contribution is 2.27. The van der Waals surface area contributed by atoms with Crippen molar-refractivity contribution in [2.75, 3.05) is 6.54 Å². The van der Waals surface area contributed by atoms with Gasteiger partial charge in [0.15, 0.2) is 0 Å². The van der Waals surface area contributed by atoms with Gasteiger partial charge in [0.2, 0.25) is 10.0 Å². The van der Waals surface area contributed by atoms with Gasteiger partial charge in [-0.3, -0.25) is 4.90 Å². The molecule has 0 aliphatic carbocycles. The van der Waals surface area contributed by atoms with Gasteiger partial charge in [-0.05, 0) is 40.5 Å². The standard InChI is InChI=1S/C12H12Br2N2O5S/c13-7-1-2-10(14)11(3-7)22(20,21)15-8-4-9(6-17)16(5-8)12(18)19/h1-3,6,8-9,15H,4-5H2,(H,18,19)/t8-,9-/m1/s1. The number of hydrogen-bond donors (Lipinski definition) is 2. The molecule has 0 aromatic heterocycles.